The summed E-state index contributed by atoms with van der Waals surface area (Å²) in [6, 6.07) is 6.49. The molecular formula is C14H19N3O4. The zero-order valence-corrected chi connectivity index (χ0v) is 11.8. The summed E-state index contributed by atoms with van der Waals surface area (Å²) in [6.45, 7) is 1.46. The van der Waals surface area contributed by atoms with Gasteiger partial charge in [-0.3, -0.25) is 0 Å². The lowest BCUT2D eigenvalue weighted by Gasteiger charge is -2.14. The van der Waals surface area contributed by atoms with Gasteiger partial charge in [0.15, 0.2) is 6.61 Å². The molecule has 1 fully saturated rings. The topological polar surface area (TPSA) is 90.9 Å². The number of ether oxygens (including phenoxy) is 1. The number of carboxylic acids is 1. The lowest BCUT2D eigenvalue weighted by Crippen LogP contribution is -2.39. The zero-order valence-electron chi connectivity index (χ0n) is 11.8. The summed E-state index contributed by atoms with van der Waals surface area (Å²) in [5.74, 6) is -0.584. The molecule has 3 N–H and O–H groups in total. The van der Waals surface area contributed by atoms with Gasteiger partial charge in [-0.25, -0.2) is 9.59 Å². The molecule has 7 nitrogen and oxygen atoms in total. The number of hydrogen-bond donors (Lipinski definition) is 3. The van der Waals surface area contributed by atoms with Crippen molar-refractivity contribution in [3.05, 3.63) is 24.3 Å². The van der Waals surface area contributed by atoms with Crippen LogP contribution in [0.25, 0.3) is 0 Å². The van der Waals surface area contributed by atoms with Gasteiger partial charge in [-0.15, -0.1) is 0 Å². The summed E-state index contributed by atoms with van der Waals surface area (Å²) in [6.07, 6.45) is 0.950. The Morgan fingerprint density at radius 3 is 2.67 bits per heavy atom. The Bertz CT molecular complexity index is 503. The molecule has 7 heteroatoms. The van der Waals surface area contributed by atoms with E-state index in [1.165, 1.54) is 0 Å². The van der Waals surface area contributed by atoms with Crippen LogP contribution in [0.5, 0.6) is 5.75 Å². The molecule has 2 amide bonds. The minimum absolute atomic E-state index is 0.174. The monoisotopic (exact) mass is 293 g/mol. The first-order valence-corrected chi connectivity index (χ1v) is 6.73. The van der Waals surface area contributed by atoms with Gasteiger partial charge < -0.3 is 25.4 Å². The van der Waals surface area contributed by atoms with Crippen LogP contribution in [0.2, 0.25) is 0 Å². The predicted octanol–water partition coefficient (Wildman–Crippen LogP) is 0.976. The van der Waals surface area contributed by atoms with Crippen molar-refractivity contribution in [2.75, 3.05) is 32.1 Å². The number of carbonyl (C=O) groups is 2. The van der Waals surface area contributed by atoms with E-state index in [0.29, 0.717) is 11.4 Å². The van der Waals surface area contributed by atoms with E-state index in [0.717, 1.165) is 19.5 Å². The maximum Gasteiger partial charge on any atom is 0.341 e. The Hall–Kier alpha value is -2.28. The first-order chi connectivity index (χ1) is 10.0. The summed E-state index contributed by atoms with van der Waals surface area (Å²) in [5.41, 5.74) is 0.626. The molecule has 1 aromatic carbocycles. The zero-order chi connectivity index (χ0) is 15.2. The molecule has 1 aliphatic rings. The number of nitrogens with one attached hydrogen (secondary N) is 2. The number of hydrogen-bond acceptors (Lipinski definition) is 4. The van der Waals surface area contributed by atoms with Gasteiger partial charge in [-0.1, -0.05) is 0 Å². The van der Waals surface area contributed by atoms with Gasteiger partial charge in [0.1, 0.15) is 5.75 Å². The molecule has 0 radical (unpaired) electrons. The fraction of sp³-hybridized carbons (Fsp3) is 0.429. The van der Waals surface area contributed by atoms with Crippen molar-refractivity contribution in [1.29, 1.82) is 0 Å². The lowest BCUT2D eigenvalue weighted by atomic mass is 10.2. The highest BCUT2D eigenvalue weighted by Crippen LogP contribution is 2.15. The average Bonchev–Trinajstić information content (AvgIpc) is 2.83. The Kier molecular flexibility index (Phi) is 4.99. The van der Waals surface area contributed by atoms with Crippen LogP contribution in [0.3, 0.4) is 0 Å². The van der Waals surface area contributed by atoms with Crippen LogP contribution in [-0.4, -0.2) is 54.8 Å². The standard InChI is InChI=1S/C14H19N3O4/c1-17-7-6-11(8-17)16-14(20)15-10-2-4-12(5-3-10)21-9-13(18)19/h2-5,11H,6-9H2,1H3,(H,18,19)(H2,15,16,20). The molecule has 0 saturated carbocycles. The van der Waals surface area contributed by atoms with E-state index in [-0.39, 0.29) is 18.7 Å². The van der Waals surface area contributed by atoms with Crippen molar-refractivity contribution in [3.8, 4) is 5.75 Å². The lowest BCUT2D eigenvalue weighted by molar-refractivity contribution is -0.139. The second-order valence-corrected chi connectivity index (χ2v) is 5.05. The van der Waals surface area contributed by atoms with Crippen molar-refractivity contribution in [2.24, 2.45) is 0 Å². The van der Waals surface area contributed by atoms with Crippen LogP contribution in [-0.2, 0) is 4.79 Å². The molecule has 114 valence electrons. The number of likely N-dealkylation sites (tertiary alicyclic amines) is 1. The Labute approximate surface area is 122 Å². The average molecular weight is 293 g/mol. The van der Waals surface area contributed by atoms with Crippen molar-refractivity contribution < 1.29 is 19.4 Å². The predicted molar refractivity (Wildman–Crippen MR) is 77.6 cm³/mol. The molecular weight excluding hydrogens is 274 g/mol. The van der Waals surface area contributed by atoms with Crippen molar-refractivity contribution in [1.82, 2.24) is 10.2 Å². The summed E-state index contributed by atoms with van der Waals surface area (Å²) in [7, 11) is 2.02. The van der Waals surface area contributed by atoms with E-state index in [2.05, 4.69) is 15.5 Å². The normalized spacial score (nSPS) is 18.2. The van der Waals surface area contributed by atoms with Gasteiger partial charge in [0.25, 0.3) is 0 Å². The van der Waals surface area contributed by atoms with Crippen LogP contribution >= 0.6 is 0 Å². The first kappa shape index (κ1) is 15.1. The second kappa shape index (κ2) is 6.94. The van der Waals surface area contributed by atoms with Gasteiger partial charge in [-0.05, 0) is 44.3 Å². The van der Waals surface area contributed by atoms with Crippen molar-refractivity contribution in [2.45, 2.75) is 12.5 Å². The summed E-state index contributed by atoms with van der Waals surface area (Å²) >= 11 is 0. The largest absolute Gasteiger partial charge is 0.482 e. The number of amides is 2. The highest BCUT2D eigenvalue weighted by atomic mass is 16.5. The minimum atomic E-state index is -1.03. The number of rotatable bonds is 5. The first-order valence-electron chi connectivity index (χ1n) is 6.73. The third kappa shape index (κ3) is 4.96. The number of carbonyl (C=O) groups excluding carboxylic acids is 1. The number of anilines is 1. The summed E-state index contributed by atoms with van der Waals surface area (Å²) in [5, 5.41) is 14.2. The molecule has 1 saturated heterocycles. The molecule has 1 aliphatic heterocycles. The molecule has 2 rings (SSSR count). The molecule has 1 heterocycles. The molecule has 1 aromatic rings. The number of urea groups is 1. The molecule has 21 heavy (non-hydrogen) atoms. The molecule has 0 bridgehead atoms. The number of aliphatic carboxylic acids is 1. The van der Waals surface area contributed by atoms with E-state index in [1.54, 1.807) is 24.3 Å². The smallest absolute Gasteiger partial charge is 0.341 e. The van der Waals surface area contributed by atoms with Crippen LogP contribution in [0.1, 0.15) is 6.42 Å². The van der Waals surface area contributed by atoms with Gasteiger partial charge in [0.2, 0.25) is 0 Å². The maximum absolute atomic E-state index is 11.8. The van der Waals surface area contributed by atoms with E-state index in [4.69, 9.17) is 9.84 Å². The quantitative estimate of drug-likeness (QED) is 0.752. The number of likely N-dealkylation sites (N-methyl/N-ethyl adjacent to an activating group) is 1. The van der Waals surface area contributed by atoms with E-state index < -0.39 is 5.97 Å². The number of nitrogens with zero attached hydrogens (tertiary/aromatic N) is 1. The molecule has 0 aromatic heterocycles. The van der Waals surface area contributed by atoms with Gasteiger partial charge in [0, 0.05) is 18.3 Å². The fourth-order valence-electron chi connectivity index (χ4n) is 2.18. The Morgan fingerprint density at radius 1 is 1.38 bits per heavy atom. The van der Waals surface area contributed by atoms with E-state index in [9.17, 15) is 9.59 Å². The maximum atomic E-state index is 11.8. The third-order valence-electron chi connectivity index (χ3n) is 3.20. The highest BCUT2D eigenvalue weighted by Gasteiger charge is 2.20. The van der Waals surface area contributed by atoms with Crippen LogP contribution in [0.15, 0.2) is 24.3 Å². The number of benzene rings is 1. The number of carboxylic acid groups (broad SMARTS) is 1. The van der Waals surface area contributed by atoms with Crippen LogP contribution in [0, 0.1) is 0 Å². The summed E-state index contributed by atoms with van der Waals surface area (Å²) < 4.78 is 5.01. The van der Waals surface area contributed by atoms with Crippen molar-refractivity contribution in [3.63, 3.8) is 0 Å². The van der Waals surface area contributed by atoms with E-state index in [1.807, 2.05) is 7.05 Å². The van der Waals surface area contributed by atoms with Crippen LogP contribution < -0.4 is 15.4 Å². The Morgan fingerprint density at radius 2 is 2.10 bits per heavy atom. The highest BCUT2D eigenvalue weighted by molar-refractivity contribution is 5.89. The van der Waals surface area contributed by atoms with Gasteiger partial charge in [-0.2, -0.15) is 0 Å². The molecule has 0 aliphatic carbocycles. The van der Waals surface area contributed by atoms with Gasteiger partial charge >= 0.3 is 12.0 Å². The molecule has 1 unspecified atom stereocenters. The fourth-order valence-corrected chi connectivity index (χ4v) is 2.18. The Balaban J connectivity index is 1.79. The van der Waals surface area contributed by atoms with E-state index >= 15 is 0 Å². The summed E-state index contributed by atoms with van der Waals surface area (Å²) in [4.78, 5) is 24.4. The second-order valence-electron chi connectivity index (χ2n) is 5.05. The van der Waals surface area contributed by atoms with Crippen LogP contribution in [0.4, 0.5) is 10.5 Å². The minimum Gasteiger partial charge on any atom is -0.482 e. The van der Waals surface area contributed by atoms with Gasteiger partial charge in [0.05, 0.1) is 0 Å². The van der Waals surface area contributed by atoms with Crippen molar-refractivity contribution >= 4 is 17.7 Å². The SMILES string of the molecule is CN1CCC(NC(=O)Nc2ccc(OCC(=O)O)cc2)C1. The third-order valence-corrected chi connectivity index (χ3v) is 3.20. The molecule has 0 spiro atoms. The molecule has 1 atom stereocenters.